The molecule has 0 spiro atoms. The summed E-state index contributed by atoms with van der Waals surface area (Å²) in [6.07, 6.45) is -6.59. The molecule has 2 saturated heterocycles. The van der Waals surface area contributed by atoms with Crippen LogP contribution in [0, 0.1) is 11.6 Å². The predicted molar refractivity (Wildman–Crippen MR) is 133 cm³/mol. The number of benzene rings is 2. The zero-order chi connectivity index (χ0) is 28.3. The van der Waals surface area contributed by atoms with E-state index in [1.165, 1.54) is 19.1 Å². The number of morpholine rings is 2. The highest BCUT2D eigenvalue weighted by atomic mass is 19.4. The minimum Gasteiger partial charge on any atom is -0.379 e. The molecule has 3 atom stereocenters. The second kappa shape index (κ2) is 12.3. The molecular formula is C27H30F5N5O3. The number of nitrogens with one attached hydrogen (secondary N) is 1. The van der Waals surface area contributed by atoms with E-state index in [-0.39, 0.29) is 12.2 Å². The number of alkyl halides is 3. The number of aromatic nitrogens is 3. The van der Waals surface area contributed by atoms with E-state index in [9.17, 15) is 22.0 Å². The smallest absolute Gasteiger partial charge is 0.379 e. The zero-order valence-corrected chi connectivity index (χ0v) is 21.8. The Balaban J connectivity index is 1.39. The fraction of sp³-hybridized carbons (Fsp3) is 0.481. The van der Waals surface area contributed by atoms with Crippen molar-refractivity contribution in [3.05, 3.63) is 82.2 Å². The van der Waals surface area contributed by atoms with E-state index in [1.54, 1.807) is 12.1 Å². The Hall–Kier alpha value is -2.97. The summed E-state index contributed by atoms with van der Waals surface area (Å²) >= 11 is 0. The van der Waals surface area contributed by atoms with Crippen LogP contribution in [0.2, 0.25) is 0 Å². The summed E-state index contributed by atoms with van der Waals surface area (Å²) in [5.74, 6) is -1.43. The summed E-state index contributed by atoms with van der Waals surface area (Å²) in [6, 6.07) is 7.65. The molecule has 1 aromatic heterocycles. The highest BCUT2D eigenvalue weighted by Gasteiger charge is 2.37. The lowest BCUT2D eigenvalue weighted by molar-refractivity contribution is -0.231. The lowest BCUT2D eigenvalue weighted by atomic mass is 10.0. The van der Waals surface area contributed by atoms with Crippen molar-refractivity contribution in [2.24, 2.45) is 0 Å². The van der Waals surface area contributed by atoms with E-state index >= 15 is 0 Å². The summed E-state index contributed by atoms with van der Waals surface area (Å²) < 4.78 is 85.3. The Bertz CT molecular complexity index is 1270. The van der Waals surface area contributed by atoms with E-state index in [0.717, 1.165) is 36.6 Å². The van der Waals surface area contributed by atoms with Gasteiger partial charge in [-0.15, -0.1) is 5.10 Å². The topological polar surface area (TPSA) is 75.7 Å². The van der Waals surface area contributed by atoms with Gasteiger partial charge in [-0.05, 0) is 48.4 Å². The first-order chi connectivity index (χ1) is 19.2. The van der Waals surface area contributed by atoms with Gasteiger partial charge in [0.25, 0.3) is 0 Å². The standard InChI is InChI=1S/C27H30F5N5O3/c1-17(19-12-20(27(30,31)32)14-22(29)13-19)40-26-25(18-2-4-21(28)5-3-18)37(8-11-39-26)16-24-23(33-35-34-24)15-36-6-9-38-10-7-36/h2-5,12-14,17,25-26H,6-11,15-16H2,1H3,(H,33,34,35)/t17-,25?,26?/m1/s1. The van der Waals surface area contributed by atoms with E-state index in [2.05, 4.69) is 25.2 Å². The van der Waals surface area contributed by atoms with Crippen molar-refractivity contribution in [1.82, 2.24) is 25.2 Å². The summed E-state index contributed by atoms with van der Waals surface area (Å²) in [6.45, 7) is 6.16. The van der Waals surface area contributed by atoms with Gasteiger partial charge in [0.05, 0.1) is 43.2 Å². The van der Waals surface area contributed by atoms with Gasteiger partial charge in [0.15, 0.2) is 6.29 Å². The van der Waals surface area contributed by atoms with Crippen molar-refractivity contribution in [2.75, 3.05) is 39.5 Å². The highest BCUT2D eigenvalue weighted by molar-refractivity contribution is 5.28. The number of aromatic amines is 1. The van der Waals surface area contributed by atoms with Gasteiger partial charge >= 0.3 is 6.18 Å². The predicted octanol–water partition coefficient (Wildman–Crippen LogP) is 4.61. The Morgan fingerprint density at radius 2 is 1.75 bits per heavy atom. The van der Waals surface area contributed by atoms with Crippen molar-refractivity contribution in [2.45, 2.75) is 44.6 Å². The molecule has 0 amide bonds. The van der Waals surface area contributed by atoms with E-state index in [4.69, 9.17) is 14.2 Å². The third-order valence-electron chi connectivity index (χ3n) is 7.12. The van der Waals surface area contributed by atoms with Crippen LogP contribution in [0.25, 0.3) is 0 Å². The maximum atomic E-state index is 14.1. The lowest BCUT2D eigenvalue weighted by Crippen LogP contribution is -2.46. The van der Waals surface area contributed by atoms with Crippen molar-refractivity contribution in [1.29, 1.82) is 0 Å². The van der Waals surface area contributed by atoms with Crippen molar-refractivity contribution >= 4 is 0 Å². The van der Waals surface area contributed by atoms with Crippen molar-refractivity contribution in [3.8, 4) is 0 Å². The van der Waals surface area contributed by atoms with Crippen LogP contribution in [-0.2, 0) is 33.5 Å². The van der Waals surface area contributed by atoms with Crippen LogP contribution in [0.3, 0.4) is 0 Å². The van der Waals surface area contributed by atoms with Crippen molar-refractivity contribution < 1.29 is 36.2 Å². The molecule has 2 aromatic carbocycles. The molecule has 8 nitrogen and oxygen atoms in total. The maximum absolute atomic E-state index is 14.1. The molecule has 5 rings (SSSR count). The minimum atomic E-state index is -4.71. The molecule has 2 unspecified atom stereocenters. The van der Waals surface area contributed by atoms with Gasteiger partial charge in [0.1, 0.15) is 17.3 Å². The first-order valence-electron chi connectivity index (χ1n) is 13.0. The number of nitrogens with zero attached hydrogens (tertiary/aromatic N) is 4. The number of H-pyrrole nitrogens is 1. The monoisotopic (exact) mass is 567 g/mol. The van der Waals surface area contributed by atoms with Crippen LogP contribution >= 0.6 is 0 Å². The van der Waals surface area contributed by atoms with Gasteiger partial charge in [-0.25, -0.2) is 8.78 Å². The fourth-order valence-corrected chi connectivity index (χ4v) is 5.00. The first kappa shape index (κ1) is 28.6. The quantitative estimate of drug-likeness (QED) is 0.399. The highest BCUT2D eigenvalue weighted by Crippen LogP contribution is 2.37. The van der Waals surface area contributed by atoms with Gasteiger partial charge in [0.2, 0.25) is 0 Å². The van der Waals surface area contributed by atoms with Crippen LogP contribution in [-0.4, -0.2) is 71.0 Å². The molecule has 2 aliphatic rings. The number of hydrogen-bond donors (Lipinski definition) is 1. The molecule has 13 heteroatoms. The molecule has 0 aliphatic carbocycles. The third kappa shape index (κ3) is 6.84. The Labute approximate surface area is 228 Å². The number of ether oxygens (including phenoxy) is 3. The average molecular weight is 568 g/mol. The van der Waals surface area contributed by atoms with Gasteiger partial charge in [0, 0.05) is 32.7 Å². The Kier molecular flexibility index (Phi) is 8.76. The van der Waals surface area contributed by atoms with Crippen molar-refractivity contribution in [3.63, 3.8) is 0 Å². The molecule has 216 valence electrons. The maximum Gasteiger partial charge on any atom is 0.416 e. The molecule has 3 aromatic rings. The summed E-state index contributed by atoms with van der Waals surface area (Å²) in [5.41, 5.74) is 1.20. The van der Waals surface area contributed by atoms with Crippen LogP contribution in [0.1, 0.15) is 47.1 Å². The first-order valence-corrected chi connectivity index (χ1v) is 13.0. The number of halogens is 5. The largest absolute Gasteiger partial charge is 0.416 e. The normalized spacial score (nSPS) is 21.9. The van der Waals surface area contributed by atoms with E-state index in [1.807, 2.05) is 0 Å². The number of rotatable bonds is 8. The molecular weight excluding hydrogens is 537 g/mol. The van der Waals surface area contributed by atoms with Crippen LogP contribution in [0.5, 0.6) is 0 Å². The molecule has 0 bridgehead atoms. The fourth-order valence-electron chi connectivity index (χ4n) is 5.00. The summed E-state index contributed by atoms with van der Waals surface area (Å²) in [5, 5.41) is 11.3. The molecule has 40 heavy (non-hydrogen) atoms. The molecule has 3 heterocycles. The molecule has 1 N–H and O–H groups in total. The minimum absolute atomic E-state index is 0.0233. The molecule has 2 aliphatic heterocycles. The Morgan fingerprint density at radius 3 is 2.48 bits per heavy atom. The number of hydrogen-bond acceptors (Lipinski definition) is 7. The zero-order valence-electron chi connectivity index (χ0n) is 21.8. The van der Waals surface area contributed by atoms with Crippen LogP contribution in [0.15, 0.2) is 42.5 Å². The second-order valence-corrected chi connectivity index (χ2v) is 9.88. The summed E-state index contributed by atoms with van der Waals surface area (Å²) in [7, 11) is 0. The third-order valence-corrected chi connectivity index (χ3v) is 7.12. The molecule has 0 saturated carbocycles. The van der Waals surface area contributed by atoms with E-state index in [0.29, 0.717) is 44.5 Å². The van der Waals surface area contributed by atoms with E-state index < -0.39 is 41.8 Å². The summed E-state index contributed by atoms with van der Waals surface area (Å²) in [4.78, 5) is 4.29. The van der Waals surface area contributed by atoms with Gasteiger partial charge in [-0.2, -0.15) is 13.2 Å². The SMILES string of the molecule is C[C@@H](OC1OCCN(Cc2nn[nH]c2CN2CCOCC2)C1c1ccc(F)cc1)c1cc(F)cc(C(F)(F)F)c1. The lowest BCUT2D eigenvalue weighted by Gasteiger charge is -2.42. The Morgan fingerprint density at radius 1 is 1.00 bits per heavy atom. The van der Waals surface area contributed by atoms with Crippen LogP contribution < -0.4 is 0 Å². The van der Waals surface area contributed by atoms with Gasteiger partial charge in [-0.1, -0.05) is 17.3 Å². The molecule has 2 fully saturated rings. The van der Waals surface area contributed by atoms with Crippen LogP contribution in [0.4, 0.5) is 22.0 Å². The molecule has 0 radical (unpaired) electrons. The second-order valence-electron chi connectivity index (χ2n) is 9.88. The van der Waals surface area contributed by atoms with Gasteiger partial charge in [-0.3, -0.25) is 14.9 Å². The average Bonchev–Trinajstić information content (AvgIpc) is 3.35. The van der Waals surface area contributed by atoms with Gasteiger partial charge < -0.3 is 14.2 Å².